The van der Waals surface area contributed by atoms with Crippen molar-refractivity contribution in [3.63, 3.8) is 0 Å². The number of hydrogen-bond acceptors (Lipinski definition) is 4. The zero-order chi connectivity index (χ0) is 17.1. The molecule has 1 aliphatic heterocycles. The number of ether oxygens (including phenoxy) is 1. The number of carbonyl (C=O) groups is 1. The Labute approximate surface area is 142 Å². The molecule has 0 aromatic carbocycles. The molecule has 1 fully saturated rings. The number of nitrogens with zero attached hydrogens (tertiary/aromatic N) is 3. The number of aryl methyl sites for hydroxylation is 1. The van der Waals surface area contributed by atoms with Crippen molar-refractivity contribution in [3.8, 4) is 5.75 Å². The molecule has 2 aromatic rings. The molecule has 1 amide bonds. The zero-order valence-electron chi connectivity index (χ0n) is 14.7. The lowest BCUT2D eigenvalue weighted by molar-refractivity contribution is 0.0932. The molecule has 1 N–H and O–H groups in total. The van der Waals surface area contributed by atoms with Crippen molar-refractivity contribution in [1.29, 1.82) is 0 Å². The smallest absolute Gasteiger partial charge is 0.270 e. The maximum Gasteiger partial charge on any atom is 0.270 e. The molecule has 6 nitrogen and oxygen atoms in total. The van der Waals surface area contributed by atoms with E-state index in [0.29, 0.717) is 29.6 Å². The molecular weight excluding hydrogens is 304 g/mol. The van der Waals surface area contributed by atoms with Crippen molar-refractivity contribution >= 4 is 11.6 Å². The Morgan fingerprint density at radius 3 is 2.88 bits per heavy atom. The molecule has 0 aliphatic carbocycles. The van der Waals surface area contributed by atoms with Crippen LogP contribution >= 0.6 is 0 Å². The van der Waals surface area contributed by atoms with E-state index in [-0.39, 0.29) is 5.91 Å². The summed E-state index contributed by atoms with van der Waals surface area (Å²) in [5, 5.41) is 3.09. The van der Waals surface area contributed by atoms with Gasteiger partial charge in [0.25, 0.3) is 5.91 Å². The Morgan fingerprint density at radius 2 is 2.17 bits per heavy atom. The molecule has 3 rings (SSSR count). The summed E-state index contributed by atoms with van der Waals surface area (Å²) < 4.78 is 7.44. The highest BCUT2D eigenvalue weighted by Crippen LogP contribution is 2.22. The van der Waals surface area contributed by atoms with Gasteiger partial charge in [0, 0.05) is 12.7 Å². The number of pyridine rings is 1. The summed E-state index contributed by atoms with van der Waals surface area (Å²) in [6.07, 6.45) is 4.14. The van der Waals surface area contributed by atoms with E-state index < -0.39 is 0 Å². The summed E-state index contributed by atoms with van der Waals surface area (Å²) in [4.78, 5) is 19.6. The van der Waals surface area contributed by atoms with Crippen LogP contribution in [0.15, 0.2) is 18.3 Å². The summed E-state index contributed by atoms with van der Waals surface area (Å²) in [7, 11) is 2.15. The molecule has 1 saturated heterocycles. The predicted octanol–water partition coefficient (Wildman–Crippen LogP) is 2.11. The number of nitrogens with one attached hydrogen (secondary N) is 1. The highest BCUT2D eigenvalue weighted by atomic mass is 16.5. The van der Waals surface area contributed by atoms with Gasteiger partial charge in [-0.05, 0) is 64.9 Å². The minimum atomic E-state index is -0.0624. The third kappa shape index (κ3) is 3.38. The summed E-state index contributed by atoms with van der Waals surface area (Å²) in [5.74, 6) is 1.20. The standard InChI is InChI=1S/C18H26N4O2/c1-4-24-15-6-5-9-22-16(13(2)20-17(15)22)18(23)19-12-14-7-10-21(3)11-8-14/h5-6,9,14H,4,7-8,10-12H2,1-3H3,(H,19,23). The van der Waals surface area contributed by atoms with Gasteiger partial charge in [0.15, 0.2) is 11.4 Å². The fraction of sp³-hybridized carbons (Fsp3) is 0.556. The number of carbonyl (C=O) groups excluding carboxylic acids is 1. The minimum absolute atomic E-state index is 0.0624. The first-order chi connectivity index (χ1) is 11.6. The predicted molar refractivity (Wildman–Crippen MR) is 93.7 cm³/mol. The second kappa shape index (κ2) is 7.21. The van der Waals surface area contributed by atoms with Gasteiger partial charge >= 0.3 is 0 Å². The summed E-state index contributed by atoms with van der Waals surface area (Å²) in [6, 6.07) is 3.76. The number of rotatable bonds is 5. The van der Waals surface area contributed by atoms with Crippen molar-refractivity contribution in [2.24, 2.45) is 5.92 Å². The zero-order valence-corrected chi connectivity index (χ0v) is 14.7. The monoisotopic (exact) mass is 330 g/mol. The molecule has 2 aromatic heterocycles. The Morgan fingerprint density at radius 1 is 1.42 bits per heavy atom. The van der Waals surface area contributed by atoms with Gasteiger partial charge in [-0.2, -0.15) is 0 Å². The van der Waals surface area contributed by atoms with Crippen LogP contribution in [0, 0.1) is 12.8 Å². The fourth-order valence-corrected chi connectivity index (χ4v) is 3.28. The van der Waals surface area contributed by atoms with E-state index in [2.05, 4.69) is 22.2 Å². The quantitative estimate of drug-likeness (QED) is 0.912. The Hall–Kier alpha value is -2.08. The van der Waals surface area contributed by atoms with Crippen LogP contribution in [-0.2, 0) is 0 Å². The van der Waals surface area contributed by atoms with Gasteiger partial charge in [-0.1, -0.05) is 0 Å². The molecule has 0 radical (unpaired) electrons. The maximum absolute atomic E-state index is 12.7. The van der Waals surface area contributed by atoms with Crippen LogP contribution in [0.25, 0.3) is 5.65 Å². The van der Waals surface area contributed by atoms with E-state index in [9.17, 15) is 4.79 Å². The van der Waals surface area contributed by atoms with Gasteiger partial charge in [-0.3, -0.25) is 9.20 Å². The topological polar surface area (TPSA) is 58.9 Å². The Kier molecular flexibility index (Phi) is 5.04. The molecule has 24 heavy (non-hydrogen) atoms. The van der Waals surface area contributed by atoms with Crippen LogP contribution < -0.4 is 10.1 Å². The number of piperidine rings is 1. The first-order valence-electron chi connectivity index (χ1n) is 8.67. The average molecular weight is 330 g/mol. The Bertz CT molecular complexity index is 717. The second-order valence-electron chi connectivity index (χ2n) is 6.50. The third-order valence-corrected chi connectivity index (χ3v) is 4.69. The van der Waals surface area contributed by atoms with Gasteiger partial charge in [0.05, 0.1) is 12.3 Å². The summed E-state index contributed by atoms with van der Waals surface area (Å²) >= 11 is 0. The van der Waals surface area contributed by atoms with E-state index in [4.69, 9.17) is 4.74 Å². The molecule has 6 heteroatoms. The third-order valence-electron chi connectivity index (χ3n) is 4.69. The molecule has 0 bridgehead atoms. The number of likely N-dealkylation sites (tertiary alicyclic amines) is 1. The normalized spacial score (nSPS) is 16.5. The van der Waals surface area contributed by atoms with Gasteiger partial charge < -0.3 is 15.0 Å². The van der Waals surface area contributed by atoms with Crippen molar-refractivity contribution in [2.75, 3.05) is 33.3 Å². The average Bonchev–Trinajstić information content (AvgIpc) is 2.91. The van der Waals surface area contributed by atoms with Crippen molar-refractivity contribution in [2.45, 2.75) is 26.7 Å². The van der Waals surface area contributed by atoms with Crippen molar-refractivity contribution < 1.29 is 9.53 Å². The van der Waals surface area contributed by atoms with Gasteiger partial charge in [0.1, 0.15) is 5.69 Å². The van der Waals surface area contributed by atoms with E-state index in [1.165, 1.54) is 0 Å². The first-order valence-corrected chi connectivity index (χ1v) is 8.67. The Balaban J connectivity index is 1.75. The molecule has 0 saturated carbocycles. The van der Waals surface area contributed by atoms with Crippen LogP contribution in [0.4, 0.5) is 0 Å². The van der Waals surface area contributed by atoms with E-state index >= 15 is 0 Å². The van der Waals surface area contributed by atoms with Crippen LogP contribution in [0.2, 0.25) is 0 Å². The van der Waals surface area contributed by atoms with E-state index in [1.54, 1.807) is 0 Å². The maximum atomic E-state index is 12.7. The summed E-state index contributed by atoms with van der Waals surface area (Å²) in [5.41, 5.74) is 2.02. The fourth-order valence-electron chi connectivity index (χ4n) is 3.28. The SMILES string of the molecule is CCOc1cccn2c(C(=O)NCC3CCN(C)CC3)c(C)nc12. The molecule has 130 valence electrons. The largest absolute Gasteiger partial charge is 0.490 e. The van der Waals surface area contributed by atoms with Gasteiger partial charge in [-0.25, -0.2) is 4.98 Å². The number of fused-ring (bicyclic) bond motifs is 1. The molecule has 1 aliphatic rings. The number of imidazole rings is 1. The van der Waals surface area contributed by atoms with Crippen LogP contribution in [0.1, 0.15) is 35.9 Å². The molecule has 3 heterocycles. The lowest BCUT2D eigenvalue weighted by atomic mass is 9.97. The van der Waals surface area contributed by atoms with Gasteiger partial charge in [-0.15, -0.1) is 0 Å². The van der Waals surface area contributed by atoms with Crippen LogP contribution in [-0.4, -0.2) is 53.5 Å². The highest BCUT2D eigenvalue weighted by molar-refractivity contribution is 5.95. The highest BCUT2D eigenvalue weighted by Gasteiger charge is 2.21. The van der Waals surface area contributed by atoms with Gasteiger partial charge in [0.2, 0.25) is 0 Å². The molecule has 0 unspecified atom stereocenters. The second-order valence-corrected chi connectivity index (χ2v) is 6.50. The number of amides is 1. The lowest BCUT2D eigenvalue weighted by Crippen LogP contribution is -2.37. The van der Waals surface area contributed by atoms with E-state index in [0.717, 1.165) is 38.2 Å². The lowest BCUT2D eigenvalue weighted by Gasteiger charge is -2.28. The molecule has 0 spiro atoms. The number of hydrogen-bond donors (Lipinski definition) is 1. The van der Waals surface area contributed by atoms with E-state index in [1.807, 2.05) is 36.6 Å². The summed E-state index contributed by atoms with van der Waals surface area (Å²) in [6.45, 7) is 7.31. The van der Waals surface area contributed by atoms with Crippen molar-refractivity contribution in [1.82, 2.24) is 19.6 Å². The minimum Gasteiger partial charge on any atom is -0.490 e. The first kappa shape index (κ1) is 16.8. The number of aromatic nitrogens is 2. The molecule has 0 atom stereocenters. The van der Waals surface area contributed by atoms with Crippen LogP contribution in [0.5, 0.6) is 5.75 Å². The van der Waals surface area contributed by atoms with Crippen molar-refractivity contribution in [3.05, 3.63) is 29.7 Å². The molecular formula is C18H26N4O2. The van der Waals surface area contributed by atoms with Crippen LogP contribution in [0.3, 0.4) is 0 Å².